The molecule has 2 aromatic carbocycles. The number of rotatable bonds is 2. The van der Waals surface area contributed by atoms with Crippen molar-refractivity contribution in [1.29, 1.82) is 0 Å². The summed E-state index contributed by atoms with van der Waals surface area (Å²) in [5, 5.41) is 5.22. The van der Waals surface area contributed by atoms with Crippen molar-refractivity contribution >= 4 is 27.5 Å². The third-order valence-electron chi connectivity index (χ3n) is 9.58. The maximum atomic E-state index is 16.7. The monoisotopic (exact) mass is 578 g/mol. The summed E-state index contributed by atoms with van der Waals surface area (Å²) in [4.78, 5) is 18.3. The molecule has 4 unspecified atom stereocenters. The van der Waals surface area contributed by atoms with Crippen LogP contribution >= 0.6 is 0 Å². The van der Waals surface area contributed by atoms with Crippen molar-refractivity contribution in [1.82, 2.24) is 25.2 Å². The molecule has 0 radical (unpaired) electrons. The van der Waals surface area contributed by atoms with Gasteiger partial charge in [-0.15, -0.1) is 6.42 Å². The molecule has 1 N–H and O–H groups in total. The SMILES string of the molecule is C#Cc1c(F)ccc2cccc(-c3ncc4c(N5CC6CCC(C5)N6)nc(C#CC56CCCN5CC(F)C6)nc4c3F)c12. The number of halogens is 3. The molecule has 6 heterocycles. The zero-order valence-electron chi connectivity index (χ0n) is 23.5. The van der Waals surface area contributed by atoms with Gasteiger partial charge in [-0.3, -0.25) is 9.88 Å². The fraction of sp³-hybridized carbons (Fsp3) is 0.382. The molecule has 0 saturated carbocycles. The molecule has 8 rings (SSSR count). The third-order valence-corrected chi connectivity index (χ3v) is 9.58. The molecule has 0 aliphatic carbocycles. The Balaban J connectivity index is 1.32. The summed E-state index contributed by atoms with van der Waals surface area (Å²) in [6, 6.07) is 8.86. The van der Waals surface area contributed by atoms with Crippen molar-refractivity contribution in [3.8, 4) is 35.4 Å². The Morgan fingerprint density at radius 3 is 2.70 bits per heavy atom. The van der Waals surface area contributed by atoms with Crippen molar-refractivity contribution in [2.45, 2.75) is 55.9 Å². The molecule has 216 valence electrons. The van der Waals surface area contributed by atoms with Gasteiger partial charge in [0.1, 0.15) is 29.0 Å². The molecule has 4 aliphatic rings. The van der Waals surface area contributed by atoms with E-state index in [0.29, 0.717) is 52.6 Å². The van der Waals surface area contributed by atoms with Gasteiger partial charge in [0.2, 0.25) is 5.82 Å². The van der Waals surface area contributed by atoms with E-state index in [-0.39, 0.29) is 22.6 Å². The van der Waals surface area contributed by atoms with Crippen LogP contribution in [0.5, 0.6) is 0 Å². The molecule has 4 fully saturated rings. The summed E-state index contributed by atoms with van der Waals surface area (Å²) in [6.45, 7) is 2.66. The Hall–Kier alpha value is -4.18. The number of terminal acetylenes is 1. The van der Waals surface area contributed by atoms with Gasteiger partial charge >= 0.3 is 0 Å². The molecule has 4 aliphatic heterocycles. The van der Waals surface area contributed by atoms with Gasteiger partial charge in [0.05, 0.1) is 16.5 Å². The Morgan fingerprint density at radius 1 is 1.05 bits per heavy atom. The summed E-state index contributed by atoms with van der Waals surface area (Å²) >= 11 is 0. The van der Waals surface area contributed by atoms with Crippen LogP contribution in [-0.2, 0) is 0 Å². The maximum absolute atomic E-state index is 16.7. The van der Waals surface area contributed by atoms with Crippen LogP contribution in [-0.4, -0.2) is 69.8 Å². The minimum absolute atomic E-state index is 0.0285. The van der Waals surface area contributed by atoms with Gasteiger partial charge in [-0.05, 0) is 49.6 Å². The van der Waals surface area contributed by atoms with Gasteiger partial charge in [-0.25, -0.2) is 23.1 Å². The smallest absolute Gasteiger partial charge is 0.207 e. The summed E-state index contributed by atoms with van der Waals surface area (Å²) in [5.74, 6) is 8.47. The van der Waals surface area contributed by atoms with Crippen LogP contribution in [0.3, 0.4) is 0 Å². The van der Waals surface area contributed by atoms with Crippen LogP contribution in [0.2, 0.25) is 0 Å². The maximum Gasteiger partial charge on any atom is 0.207 e. The zero-order chi connectivity index (χ0) is 29.3. The first kappa shape index (κ1) is 26.4. The second-order valence-corrected chi connectivity index (χ2v) is 12.2. The number of aromatic nitrogens is 3. The highest BCUT2D eigenvalue weighted by Crippen LogP contribution is 2.40. The van der Waals surface area contributed by atoms with Crippen molar-refractivity contribution in [2.75, 3.05) is 31.1 Å². The Kier molecular flexibility index (Phi) is 6.11. The first-order valence-electron chi connectivity index (χ1n) is 14.9. The first-order valence-corrected chi connectivity index (χ1v) is 14.9. The van der Waals surface area contributed by atoms with Crippen molar-refractivity contribution in [3.63, 3.8) is 0 Å². The van der Waals surface area contributed by atoms with Gasteiger partial charge in [-0.1, -0.05) is 36.1 Å². The Morgan fingerprint density at radius 2 is 1.88 bits per heavy atom. The second-order valence-electron chi connectivity index (χ2n) is 12.2. The van der Waals surface area contributed by atoms with Gasteiger partial charge in [0.15, 0.2) is 5.82 Å². The average molecular weight is 579 g/mol. The minimum Gasteiger partial charge on any atom is -0.353 e. The highest BCUT2D eigenvalue weighted by atomic mass is 19.1. The molecule has 0 spiro atoms. The molecule has 0 amide bonds. The molecular formula is C34H29F3N6. The summed E-state index contributed by atoms with van der Waals surface area (Å²) in [7, 11) is 0. The fourth-order valence-corrected chi connectivity index (χ4v) is 7.66. The van der Waals surface area contributed by atoms with Gasteiger partial charge in [-0.2, -0.15) is 0 Å². The lowest BCUT2D eigenvalue weighted by molar-refractivity contribution is 0.255. The number of anilines is 1. The largest absolute Gasteiger partial charge is 0.353 e. The van der Waals surface area contributed by atoms with Crippen molar-refractivity contribution in [3.05, 3.63) is 59.6 Å². The minimum atomic E-state index is -0.913. The quantitative estimate of drug-likeness (QED) is 0.339. The average Bonchev–Trinajstić information content (AvgIpc) is 3.66. The molecule has 4 aromatic rings. The molecule has 6 nitrogen and oxygen atoms in total. The zero-order valence-corrected chi connectivity index (χ0v) is 23.5. The molecule has 9 heteroatoms. The lowest BCUT2D eigenvalue weighted by atomic mass is 9.94. The molecule has 4 atom stereocenters. The number of hydrogen-bond donors (Lipinski definition) is 1. The van der Waals surface area contributed by atoms with Crippen LogP contribution in [0.1, 0.15) is 43.5 Å². The van der Waals surface area contributed by atoms with Crippen LogP contribution in [0, 0.1) is 35.8 Å². The molecule has 43 heavy (non-hydrogen) atoms. The van der Waals surface area contributed by atoms with Gasteiger partial charge in [0.25, 0.3) is 0 Å². The number of fused-ring (bicyclic) bond motifs is 5. The van der Waals surface area contributed by atoms with E-state index in [2.05, 4.69) is 42.8 Å². The van der Waals surface area contributed by atoms with Crippen LogP contribution in [0.25, 0.3) is 32.9 Å². The van der Waals surface area contributed by atoms with Crippen molar-refractivity contribution in [2.24, 2.45) is 0 Å². The third kappa shape index (κ3) is 4.25. The van der Waals surface area contributed by atoms with E-state index in [0.717, 1.165) is 45.3 Å². The first-order chi connectivity index (χ1) is 20.9. The van der Waals surface area contributed by atoms with E-state index in [1.807, 2.05) is 0 Å². The number of benzene rings is 2. The molecule has 2 aromatic heterocycles. The Labute approximate surface area is 247 Å². The van der Waals surface area contributed by atoms with E-state index >= 15 is 4.39 Å². The van der Waals surface area contributed by atoms with Gasteiger partial charge in [0, 0.05) is 55.3 Å². The van der Waals surface area contributed by atoms with E-state index in [4.69, 9.17) is 11.4 Å². The summed E-state index contributed by atoms with van der Waals surface area (Å²) in [6.07, 6.45) is 10.6. The predicted molar refractivity (Wildman–Crippen MR) is 160 cm³/mol. The summed E-state index contributed by atoms with van der Waals surface area (Å²) < 4.78 is 45.8. The second kappa shape index (κ2) is 9.94. The van der Waals surface area contributed by atoms with E-state index in [9.17, 15) is 8.78 Å². The number of nitrogens with zero attached hydrogens (tertiary/aromatic N) is 5. The van der Waals surface area contributed by atoms with Crippen LogP contribution in [0.15, 0.2) is 36.5 Å². The van der Waals surface area contributed by atoms with Crippen molar-refractivity contribution < 1.29 is 13.2 Å². The van der Waals surface area contributed by atoms with E-state index in [1.54, 1.807) is 30.5 Å². The number of hydrogen-bond acceptors (Lipinski definition) is 6. The molecule has 4 saturated heterocycles. The number of piperazine rings is 1. The number of nitrogens with one attached hydrogen (secondary N) is 1. The van der Waals surface area contributed by atoms with E-state index < -0.39 is 23.3 Å². The number of pyridine rings is 1. The highest BCUT2D eigenvalue weighted by molar-refractivity contribution is 6.02. The number of alkyl halides is 1. The fourth-order valence-electron chi connectivity index (χ4n) is 7.66. The topological polar surface area (TPSA) is 57.2 Å². The highest BCUT2D eigenvalue weighted by Gasteiger charge is 2.47. The standard InChI is InChI=1S/C34H29F3N6/c1-2-24-27(36)10-7-20-5-3-6-25(29(20)24)31-30(37)32-26(16-38-31)33(42-18-22-8-9-23(19-42)39-22)41-28(40-32)11-13-34-12-4-14-43(34)17-21(35)15-34/h1,3,5-7,10,16,21-23,39H,4,8-9,12,14-15,17-19H2. The van der Waals surface area contributed by atoms with E-state index in [1.165, 1.54) is 6.07 Å². The van der Waals surface area contributed by atoms with Crippen LogP contribution < -0.4 is 10.2 Å². The predicted octanol–water partition coefficient (Wildman–Crippen LogP) is 4.97. The van der Waals surface area contributed by atoms with Crippen LogP contribution in [0.4, 0.5) is 19.0 Å². The van der Waals surface area contributed by atoms with Gasteiger partial charge < -0.3 is 10.2 Å². The lowest BCUT2D eigenvalue weighted by Gasteiger charge is -2.34. The lowest BCUT2D eigenvalue weighted by Crippen LogP contribution is -2.51. The summed E-state index contributed by atoms with van der Waals surface area (Å²) in [5.41, 5.74) is 0.0332. The Bertz CT molecular complexity index is 1900. The molecule has 2 bridgehead atoms. The molecular weight excluding hydrogens is 549 g/mol. The normalized spacial score (nSPS) is 26.5.